The summed E-state index contributed by atoms with van der Waals surface area (Å²) in [5.74, 6) is -4.59. The van der Waals surface area contributed by atoms with E-state index < -0.39 is 63.7 Å². The molecular formula is C26H25F3N4O6S. The largest absolute Gasteiger partial charge is 0.394 e. The number of benzene rings is 3. The summed E-state index contributed by atoms with van der Waals surface area (Å²) in [7, 11) is -0.711. The number of aromatic nitrogens is 3. The highest BCUT2D eigenvalue weighted by Crippen LogP contribution is 2.37. The van der Waals surface area contributed by atoms with E-state index in [0.717, 1.165) is 22.0 Å². The zero-order chi connectivity index (χ0) is 28.9. The molecule has 2 heterocycles. The number of hydrogen-bond donors (Lipinski definition) is 3. The highest BCUT2D eigenvalue weighted by atomic mass is 32.2. The molecule has 1 aliphatic rings. The molecule has 0 radical (unpaired) electrons. The Hall–Kier alpha value is -3.56. The summed E-state index contributed by atoms with van der Waals surface area (Å²) < 4.78 is 74.7. The van der Waals surface area contributed by atoms with Crippen molar-refractivity contribution in [1.82, 2.24) is 15.0 Å². The van der Waals surface area contributed by atoms with E-state index in [1.807, 2.05) is 25.1 Å². The number of aliphatic hydroxyl groups excluding tert-OH is 3. The van der Waals surface area contributed by atoms with Crippen molar-refractivity contribution >= 4 is 26.3 Å². The smallest absolute Gasteiger partial charge is 0.207 e. The number of ether oxygens (including phenoxy) is 1. The quantitative estimate of drug-likeness (QED) is 0.294. The number of hydrogen-bond acceptors (Lipinski definition) is 9. The van der Waals surface area contributed by atoms with E-state index in [1.54, 1.807) is 18.2 Å². The summed E-state index contributed by atoms with van der Waals surface area (Å²) in [6.45, 7) is -0.795. The topological polar surface area (TPSA) is 138 Å². The summed E-state index contributed by atoms with van der Waals surface area (Å²) >= 11 is 0. The predicted molar refractivity (Wildman–Crippen MR) is 138 cm³/mol. The van der Waals surface area contributed by atoms with Gasteiger partial charge in [-0.15, -0.1) is 5.10 Å². The lowest BCUT2D eigenvalue weighted by Gasteiger charge is -2.41. The molecule has 40 heavy (non-hydrogen) atoms. The molecule has 5 rings (SSSR count). The third kappa shape index (κ3) is 4.71. The van der Waals surface area contributed by atoms with E-state index in [2.05, 4.69) is 10.3 Å². The van der Waals surface area contributed by atoms with Gasteiger partial charge in [-0.05, 0) is 35.7 Å². The van der Waals surface area contributed by atoms with Crippen LogP contribution >= 0.6 is 0 Å². The molecule has 212 valence electrons. The second-order valence-electron chi connectivity index (χ2n) is 9.63. The van der Waals surface area contributed by atoms with Crippen molar-refractivity contribution in [3.05, 3.63) is 72.2 Å². The third-order valence-electron chi connectivity index (χ3n) is 6.89. The molecule has 0 amide bonds. The fourth-order valence-corrected chi connectivity index (χ4v) is 6.48. The molecule has 0 aliphatic carbocycles. The third-order valence-corrected chi connectivity index (χ3v) is 8.80. The van der Waals surface area contributed by atoms with Crippen molar-refractivity contribution in [3.8, 4) is 11.3 Å². The molecule has 3 aromatic carbocycles. The highest BCUT2D eigenvalue weighted by Gasteiger charge is 2.51. The average Bonchev–Trinajstić information content (AvgIpc) is 3.40. The number of fused-ring (bicyclic) bond motifs is 1. The minimum absolute atomic E-state index is 0.144. The maximum absolute atomic E-state index is 13.7. The van der Waals surface area contributed by atoms with Gasteiger partial charge in [0.05, 0.1) is 17.7 Å². The molecule has 0 saturated carbocycles. The first-order valence-electron chi connectivity index (χ1n) is 12.1. The first-order valence-corrected chi connectivity index (χ1v) is 13.6. The fraction of sp³-hybridized carbons (Fsp3) is 0.308. The minimum Gasteiger partial charge on any atom is -0.394 e. The Bertz CT molecular complexity index is 1660. The Balaban J connectivity index is 1.52. The maximum atomic E-state index is 13.7. The van der Waals surface area contributed by atoms with Crippen molar-refractivity contribution in [3.63, 3.8) is 0 Å². The van der Waals surface area contributed by atoms with Crippen LogP contribution in [0.15, 0.2) is 59.6 Å². The average molecular weight is 579 g/mol. The normalized spacial score (nSPS) is 23.4. The lowest BCUT2D eigenvalue weighted by molar-refractivity contribution is -0.180. The molecule has 14 heteroatoms. The van der Waals surface area contributed by atoms with Gasteiger partial charge in [-0.3, -0.25) is 0 Å². The van der Waals surface area contributed by atoms with Gasteiger partial charge in [0.15, 0.2) is 22.9 Å². The van der Waals surface area contributed by atoms with Crippen LogP contribution in [0, 0.1) is 17.5 Å². The van der Waals surface area contributed by atoms with Crippen LogP contribution in [-0.2, 0) is 14.6 Å². The monoisotopic (exact) mass is 578 g/mol. The summed E-state index contributed by atoms with van der Waals surface area (Å²) in [4.78, 5) is 1.71. The SMILES string of the molecule is CN(C)c1cccc2cc(S(=O)(=O)[C@H]3OC(CO)[C@H](O)C(n4cc(-c5cc(F)c(F)c(F)c5)nn4)[C@H]3O)ccc12. The van der Waals surface area contributed by atoms with E-state index >= 15 is 0 Å². The van der Waals surface area contributed by atoms with Crippen molar-refractivity contribution in [2.45, 2.75) is 34.7 Å². The van der Waals surface area contributed by atoms with E-state index in [4.69, 9.17) is 4.74 Å². The highest BCUT2D eigenvalue weighted by molar-refractivity contribution is 7.92. The number of rotatable bonds is 6. The summed E-state index contributed by atoms with van der Waals surface area (Å²) in [6.07, 6.45) is -3.90. The van der Waals surface area contributed by atoms with Crippen LogP contribution in [0.3, 0.4) is 0 Å². The predicted octanol–water partition coefficient (Wildman–Crippen LogP) is 2.04. The summed E-state index contributed by atoms with van der Waals surface area (Å²) in [5, 5.41) is 40.8. The lowest BCUT2D eigenvalue weighted by atomic mass is 9.97. The molecule has 1 aromatic heterocycles. The maximum Gasteiger partial charge on any atom is 0.207 e. The van der Waals surface area contributed by atoms with Gasteiger partial charge in [-0.2, -0.15) is 0 Å². The number of nitrogens with zero attached hydrogens (tertiary/aromatic N) is 4. The molecule has 1 aliphatic heterocycles. The zero-order valence-corrected chi connectivity index (χ0v) is 22.0. The minimum atomic E-state index is -4.41. The molecule has 10 nitrogen and oxygen atoms in total. The Labute approximate surface area is 226 Å². The van der Waals surface area contributed by atoms with Crippen molar-refractivity contribution in [2.75, 3.05) is 25.6 Å². The Morgan fingerprint density at radius 2 is 1.73 bits per heavy atom. The molecule has 5 atom stereocenters. The fourth-order valence-electron chi connectivity index (χ4n) is 4.84. The van der Waals surface area contributed by atoms with Gasteiger partial charge in [0.1, 0.15) is 30.0 Å². The molecule has 1 fully saturated rings. The number of halogens is 3. The Morgan fingerprint density at radius 1 is 1.02 bits per heavy atom. The van der Waals surface area contributed by atoms with E-state index in [0.29, 0.717) is 17.5 Å². The molecule has 0 spiro atoms. The van der Waals surface area contributed by atoms with Gasteiger partial charge in [0.2, 0.25) is 9.84 Å². The first-order chi connectivity index (χ1) is 18.9. The Morgan fingerprint density at radius 3 is 2.38 bits per heavy atom. The zero-order valence-electron chi connectivity index (χ0n) is 21.2. The van der Waals surface area contributed by atoms with Gasteiger partial charge in [0.25, 0.3) is 0 Å². The summed E-state index contributed by atoms with van der Waals surface area (Å²) in [5.41, 5.74) is -1.40. The van der Waals surface area contributed by atoms with E-state index in [-0.39, 0.29) is 16.2 Å². The van der Waals surface area contributed by atoms with Gasteiger partial charge in [0, 0.05) is 30.7 Å². The van der Waals surface area contributed by atoms with Gasteiger partial charge in [-0.1, -0.05) is 23.4 Å². The molecule has 1 saturated heterocycles. The van der Waals surface area contributed by atoms with Crippen molar-refractivity contribution in [1.29, 1.82) is 0 Å². The molecule has 3 N–H and O–H groups in total. The molecule has 4 aromatic rings. The van der Waals surface area contributed by atoms with Gasteiger partial charge < -0.3 is 25.0 Å². The summed E-state index contributed by atoms with van der Waals surface area (Å²) in [6, 6.07) is 9.71. The number of aliphatic hydroxyl groups is 3. The molecule has 0 bridgehead atoms. The van der Waals surface area contributed by atoms with Crippen LogP contribution in [0.25, 0.3) is 22.0 Å². The standard InChI is InChI=1S/C26H25F3N4O6S/c1-32(2)20-5-3-4-13-8-15(6-7-16(13)20)40(37,38)26-25(36)23(24(35)21(12-34)39-26)33-11-19(30-31-33)14-9-17(27)22(29)18(28)10-14/h3-11,21,23-26,34-36H,12H2,1-2H3/t21?,23?,24-,25+,26+/m0/s1. The van der Waals surface area contributed by atoms with Gasteiger partial charge in [-0.25, -0.2) is 26.3 Å². The first kappa shape index (κ1) is 28.0. The second kappa shape index (κ2) is 10.4. The Kier molecular flexibility index (Phi) is 7.31. The van der Waals surface area contributed by atoms with Gasteiger partial charge >= 0.3 is 0 Å². The van der Waals surface area contributed by atoms with Crippen LogP contribution < -0.4 is 4.90 Å². The molecule has 2 unspecified atom stereocenters. The number of sulfone groups is 1. The van der Waals surface area contributed by atoms with Crippen molar-refractivity contribution in [2.24, 2.45) is 0 Å². The molecular weight excluding hydrogens is 553 g/mol. The van der Waals surface area contributed by atoms with E-state index in [9.17, 15) is 36.9 Å². The van der Waals surface area contributed by atoms with E-state index in [1.165, 1.54) is 12.1 Å². The van der Waals surface area contributed by atoms with Crippen LogP contribution in [0.5, 0.6) is 0 Å². The lowest BCUT2D eigenvalue weighted by Crippen LogP contribution is -2.58. The van der Waals surface area contributed by atoms with Crippen LogP contribution in [0.4, 0.5) is 18.9 Å². The van der Waals surface area contributed by atoms with Crippen molar-refractivity contribution < 1.29 is 41.6 Å². The van der Waals surface area contributed by atoms with Crippen LogP contribution in [-0.4, -0.2) is 83.2 Å². The van der Waals surface area contributed by atoms with Crippen LogP contribution in [0.1, 0.15) is 6.04 Å². The van der Waals surface area contributed by atoms with Crippen LogP contribution in [0.2, 0.25) is 0 Å². The second-order valence-corrected chi connectivity index (χ2v) is 11.7. The number of anilines is 1.